The zero-order valence-corrected chi connectivity index (χ0v) is 15.5. The van der Waals surface area contributed by atoms with Crippen LogP contribution in [-0.4, -0.2) is 46.0 Å². The maximum absolute atomic E-state index is 14.6. The van der Waals surface area contributed by atoms with Gasteiger partial charge in [-0.25, -0.2) is 18.7 Å². The lowest BCUT2D eigenvalue weighted by molar-refractivity contribution is 0.102. The summed E-state index contributed by atoms with van der Waals surface area (Å²) in [5.41, 5.74) is 1.22. The summed E-state index contributed by atoms with van der Waals surface area (Å²) >= 11 is 0. The molecule has 2 aromatic heterocycles. The fourth-order valence-corrected chi connectivity index (χ4v) is 3.38. The molecule has 1 aliphatic rings. The summed E-state index contributed by atoms with van der Waals surface area (Å²) in [7, 11) is 0. The molecule has 2 N–H and O–H groups in total. The molecule has 3 heterocycles. The Morgan fingerprint density at radius 3 is 2.89 bits per heavy atom. The second kappa shape index (κ2) is 7.16. The number of benzene rings is 1. The fourth-order valence-electron chi connectivity index (χ4n) is 3.38. The molecule has 0 bridgehead atoms. The van der Waals surface area contributed by atoms with Crippen molar-refractivity contribution in [1.82, 2.24) is 19.7 Å². The Morgan fingerprint density at radius 1 is 1.29 bits per heavy atom. The van der Waals surface area contributed by atoms with Crippen LogP contribution in [0.4, 0.5) is 20.3 Å². The Morgan fingerprint density at radius 2 is 2.11 bits per heavy atom. The summed E-state index contributed by atoms with van der Waals surface area (Å²) in [6, 6.07) is 2.19. The van der Waals surface area contributed by atoms with Crippen molar-refractivity contribution in [2.24, 2.45) is 0 Å². The van der Waals surface area contributed by atoms with E-state index in [0.717, 1.165) is 17.8 Å². The molecule has 1 aromatic carbocycles. The van der Waals surface area contributed by atoms with Gasteiger partial charge in [0.1, 0.15) is 17.5 Å². The van der Waals surface area contributed by atoms with Gasteiger partial charge in [0.05, 0.1) is 29.3 Å². The Kier molecular flexibility index (Phi) is 4.68. The van der Waals surface area contributed by atoms with Crippen LogP contribution < -0.4 is 15.5 Å². The number of hydrogen-bond donors (Lipinski definition) is 2. The van der Waals surface area contributed by atoms with E-state index in [1.165, 1.54) is 6.20 Å². The number of aryl methyl sites for hydroxylation is 1. The van der Waals surface area contributed by atoms with E-state index in [4.69, 9.17) is 0 Å². The first-order valence-corrected chi connectivity index (χ1v) is 9.01. The summed E-state index contributed by atoms with van der Waals surface area (Å²) in [6.45, 7) is 5.64. The summed E-state index contributed by atoms with van der Waals surface area (Å²) in [4.78, 5) is 22.6. The number of nitrogens with one attached hydrogen (secondary N) is 2. The minimum Gasteiger partial charge on any atom is -0.366 e. The first-order valence-electron chi connectivity index (χ1n) is 9.01. The molecule has 1 atom stereocenters. The van der Waals surface area contributed by atoms with E-state index in [2.05, 4.69) is 20.6 Å². The Balaban J connectivity index is 1.57. The lowest BCUT2D eigenvalue weighted by Gasteiger charge is -2.33. The van der Waals surface area contributed by atoms with E-state index >= 15 is 0 Å². The molecule has 1 aliphatic heterocycles. The van der Waals surface area contributed by atoms with Crippen molar-refractivity contribution < 1.29 is 13.6 Å². The van der Waals surface area contributed by atoms with Crippen molar-refractivity contribution in [3.05, 3.63) is 53.6 Å². The first kappa shape index (κ1) is 18.3. The smallest absolute Gasteiger partial charge is 0.259 e. The number of fused-ring (bicyclic) bond motifs is 1. The Bertz CT molecular complexity index is 1050. The van der Waals surface area contributed by atoms with Crippen LogP contribution in [0.5, 0.6) is 0 Å². The van der Waals surface area contributed by atoms with Gasteiger partial charge in [-0.2, -0.15) is 0 Å². The molecule has 9 heteroatoms. The van der Waals surface area contributed by atoms with E-state index in [-0.39, 0.29) is 23.1 Å². The van der Waals surface area contributed by atoms with Gasteiger partial charge in [-0.1, -0.05) is 0 Å². The van der Waals surface area contributed by atoms with E-state index < -0.39 is 17.5 Å². The van der Waals surface area contributed by atoms with Crippen molar-refractivity contribution in [2.75, 3.05) is 29.9 Å². The topological polar surface area (TPSA) is 74.6 Å². The van der Waals surface area contributed by atoms with Crippen LogP contribution in [0, 0.1) is 18.6 Å². The van der Waals surface area contributed by atoms with E-state index in [1.807, 2.05) is 13.8 Å². The van der Waals surface area contributed by atoms with Crippen LogP contribution in [0.3, 0.4) is 0 Å². The van der Waals surface area contributed by atoms with Crippen molar-refractivity contribution in [3.8, 4) is 0 Å². The van der Waals surface area contributed by atoms with E-state index in [0.29, 0.717) is 25.3 Å². The molecule has 1 amide bonds. The number of hydrogen-bond acceptors (Lipinski definition) is 5. The van der Waals surface area contributed by atoms with Crippen LogP contribution in [0.1, 0.15) is 23.0 Å². The highest BCUT2D eigenvalue weighted by Gasteiger charge is 2.23. The van der Waals surface area contributed by atoms with Gasteiger partial charge in [-0.15, -0.1) is 0 Å². The second-order valence-electron chi connectivity index (χ2n) is 6.96. The number of rotatable bonds is 3. The predicted molar refractivity (Wildman–Crippen MR) is 102 cm³/mol. The third-order valence-corrected chi connectivity index (χ3v) is 4.69. The summed E-state index contributed by atoms with van der Waals surface area (Å²) < 4.78 is 30.9. The quantitative estimate of drug-likeness (QED) is 0.723. The number of nitrogens with zero attached hydrogens (tertiary/aromatic N) is 4. The molecule has 1 saturated heterocycles. The number of aromatic nitrogens is 3. The zero-order valence-electron chi connectivity index (χ0n) is 15.5. The molecule has 0 radical (unpaired) electrons. The Labute approximate surface area is 160 Å². The van der Waals surface area contributed by atoms with Crippen LogP contribution in [0.15, 0.2) is 30.7 Å². The summed E-state index contributed by atoms with van der Waals surface area (Å²) in [6.07, 6.45) is 4.84. The standard InChI is InChI=1S/C19H20F2N6O/c1-11-8-26(4-3-22-11)16-6-14(20)13(5-15(16)21)19(28)25-17-10-27-9-12(2)24-18(27)7-23-17/h5-7,9-11,22H,3-4,8H2,1-2H3,(H,25,28). The number of carbonyl (C=O) groups is 1. The number of imidazole rings is 1. The molecule has 4 rings (SSSR count). The third kappa shape index (κ3) is 3.53. The van der Waals surface area contributed by atoms with Gasteiger partial charge in [-0.05, 0) is 19.9 Å². The van der Waals surface area contributed by atoms with Gasteiger partial charge < -0.3 is 19.9 Å². The van der Waals surface area contributed by atoms with Crippen LogP contribution in [0.25, 0.3) is 5.65 Å². The fraction of sp³-hybridized carbons (Fsp3) is 0.316. The number of halogens is 2. The predicted octanol–water partition coefficient (Wildman–Crippen LogP) is 2.37. The minimum absolute atomic E-state index is 0.163. The molecule has 7 nitrogen and oxygen atoms in total. The third-order valence-electron chi connectivity index (χ3n) is 4.69. The molecule has 28 heavy (non-hydrogen) atoms. The molecular formula is C19H20F2N6O. The number of anilines is 2. The molecule has 1 fully saturated rings. The maximum atomic E-state index is 14.6. The van der Waals surface area contributed by atoms with Gasteiger partial charge in [0, 0.05) is 37.9 Å². The van der Waals surface area contributed by atoms with Crippen molar-refractivity contribution in [2.45, 2.75) is 19.9 Å². The van der Waals surface area contributed by atoms with Crippen LogP contribution >= 0.6 is 0 Å². The van der Waals surface area contributed by atoms with Crippen molar-refractivity contribution in [3.63, 3.8) is 0 Å². The van der Waals surface area contributed by atoms with Crippen LogP contribution in [-0.2, 0) is 0 Å². The summed E-state index contributed by atoms with van der Waals surface area (Å²) in [5.74, 6) is -1.95. The van der Waals surface area contributed by atoms with Gasteiger partial charge >= 0.3 is 0 Å². The van der Waals surface area contributed by atoms with Gasteiger partial charge in [0.2, 0.25) is 0 Å². The number of carbonyl (C=O) groups excluding carboxylic acids is 1. The number of piperazine rings is 1. The molecule has 0 saturated carbocycles. The second-order valence-corrected chi connectivity index (χ2v) is 6.96. The SMILES string of the molecule is Cc1cn2cc(NC(=O)c3cc(F)c(N4CCNC(C)C4)cc3F)ncc2n1. The monoisotopic (exact) mass is 386 g/mol. The first-order chi connectivity index (χ1) is 13.4. The maximum Gasteiger partial charge on any atom is 0.259 e. The highest BCUT2D eigenvalue weighted by Crippen LogP contribution is 2.25. The van der Waals surface area contributed by atoms with E-state index in [9.17, 15) is 13.6 Å². The molecular weight excluding hydrogens is 366 g/mol. The minimum atomic E-state index is -0.778. The molecule has 146 valence electrons. The molecule has 3 aromatic rings. The highest BCUT2D eigenvalue weighted by molar-refractivity contribution is 6.04. The van der Waals surface area contributed by atoms with Gasteiger partial charge in [-0.3, -0.25) is 4.79 Å². The average molecular weight is 386 g/mol. The zero-order chi connectivity index (χ0) is 19.8. The largest absolute Gasteiger partial charge is 0.366 e. The van der Waals surface area contributed by atoms with Crippen LogP contribution in [0.2, 0.25) is 0 Å². The summed E-state index contributed by atoms with van der Waals surface area (Å²) in [5, 5.41) is 5.76. The lowest BCUT2D eigenvalue weighted by Crippen LogP contribution is -2.49. The van der Waals surface area contributed by atoms with Gasteiger partial charge in [0.15, 0.2) is 5.65 Å². The normalized spacial score (nSPS) is 17.1. The number of amides is 1. The average Bonchev–Trinajstić information content (AvgIpc) is 3.02. The molecule has 0 spiro atoms. The highest BCUT2D eigenvalue weighted by atomic mass is 19.1. The molecule has 1 unspecified atom stereocenters. The van der Waals surface area contributed by atoms with Crippen molar-refractivity contribution in [1.29, 1.82) is 0 Å². The van der Waals surface area contributed by atoms with Gasteiger partial charge in [0.25, 0.3) is 5.91 Å². The Hall–Kier alpha value is -3.07. The van der Waals surface area contributed by atoms with Crippen molar-refractivity contribution >= 4 is 23.1 Å². The molecule has 0 aliphatic carbocycles. The van der Waals surface area contributed by atoms with E-state index in [1.54, 1.807) is 21.7 Å². The lowest BCUT2D eigenvalue weighted by atomic mass is 10.1.